The number of rotatable bonds is 10. The summed E-state index contributed by atoms with van der Waals surface area (Å²) >= 11 is 0. The number of hydrogen-bond donors (Lipinski definition) is 1. The minimum atomic E-state index is -0.714. The quantitative estimate of drug-likeness (QED) is 0.224. The molecule has 0 bridgehead atoms. The minimum absolute atomic E-state index is 0.0113. The second kappa shape index (κ2) is 11.8. The molecule has 2 aromatic heterocycles. The van der Waals surface area contributed by atoms with E-state index in [1.165, 1.54) is 39.2 Å². The van der Waals surface area contributed by atoms with Crippen LogP contribution in [0.15, 0.2) is 30.6 Å². The van der Waals surface area contributed by atoms with Crippen molar-refractivity contribution >= 4 is 40.6 Å². The van der Waals surface area contributed by atoms with Gasteiger partial charge in [0.25, 0.3) is 5.69 Å². The number of carbonyl (C=O) groups excluding carboxylic acids is 3. The smallest absolute Gasteiger partial charge is 0.303 e. The minimum Gasteiger partial charge on any atom is -0.476 e. The molecule has 15 nitrogen and oxygen atoms in total. The summed E-state index contributed by atoms with van der Waals surface area (Å²) in [6.07, 6.45) is 0.0322. The van der Waals surface area contributed by atoms with Crippen molar-refractivity contribution in [3.8, 4) is 5.88 Å². The van der Waals surface area contributed by atoms with Crippen LogP contribution in [0.5, 0.6) is 5.88 Å². The lowest BCUT2D eigenvalue weighted by molar-refractivity contribution is -0.384. The van der Waals surface area contributed by atoms with Crippen molar-refractivity contribution in [2.24, 2.45) is 0 Å². The van der Waals surface area contributed by atoms with Crippen LogP contribution < -0.4 is 10.1 Å². The number of anilines is 1. The van der Waals surface area contributed by atoms with Crippen LogP contribution in [0.4, 0.5) is 11.6 Å². The van der Waals surface area contributed by atoms with Gasteiger partial charge in [0, 0.05) is 45.7 Å². The monoisotopic (exact) mass is 542 g/mol. The molecule has 3 atom stereocenters. The fraction of sp³-hybridized carbons (Fsp3) is 0.417. The number of imidazole rings is 1. The number of ether oxygens (including phenoxy) is 4. The van der Waals surface area contributed by atoms with E-state index in [4.69, 9.17) is 18.9 Å². The third kappa shape index (κ3) is 6.81. The van der Waals surface area contributed by atoms with E-state index in [0.717, 1.165) is 5.56 Å². The second-order valence-corrected chi connectivity index (χ2v) is 8.69. The number of hydrogen-bond acceptors (Lipinski definition) is 12. The lowest BCUT2D eigenvalue weighted by Gasteiger charge is -2.17. The molecule has 1 N–H and O–H groups in total. The van der Waals surface area contributed by atoms with Gasteiger partial charge in [-0.05, 0) is 5.56 Å². The van der Waals surface area contributed by atoms with Crippen LogP contribution in [-0.4, -0.2) is 67.7 Å². The molecule has 0 radical (unpaired) electrons. The topological polar surface area (TPSA) is 187 Å². The molecule has 1 aliphatic rings. The van der Waals surface area contributed by atoms with Crippen molar-refractivity contribution in [3.63, 3.8) is 0 Å². The third-order valence-electron chi connectivity index (χ3n) is 5.71. The molecule has 3 aromatic rings. The first-order valence-electron chi connectivity index (χ1n) is 11.9. The predicted octanol–water partition coefficient (Wildman–Crippen LogP) is 2.10. The maximum absolute atomic E-state index is 11.7. The van der Waals surface area contributed by atoms with E-state index in [1.807, 2.05) is 0 Å². The number of non-ortho nitro benzene ring substituents is 1. The molecular weight excluding hydrogens is 516 g/mol. The fourth-order valence-electron chi connectivity index (χ4n) is 4.02. The molecular formula is C24H26N6O9. The standard InChI is InChI=1S/C24H26N6O9/c1-13(31)26-24-27-22-21(23(28-24)36-9-8-16-4-6-17(7-5-16)30(34)35)25-12-29(22)20-10-18(38-15(3)33)19(39-20)11-37-14(2)32/h4-7,12,18-20H,8-11H2,1-3H3,(H,26,27,28,31). The van der Waals surface area contributed by atoms with Gasteiger partial charge in [0.05, 0.1) is 17.9 Å². The highest BCUT2D eigenvalue weighted by Crippen LogP contribution is 2.34. The van der Waals surface area contributed by atoms with Crippen molar-refractivity contribution in [3.05, 3.63) is 46.3 Å². The third-order valence-corrected chi connectivity index (χ3v) is 5.71. The van der Waals surface area contributed by atoms with Gasteiger partial charge in [-0.2, -0.15) is 9.97 Å². The number of carbonyl (C=O) groups is 3. The molecule has 3 heterocycles. The SMILES string of the molecule is CC(=O)Nc1nc(OCCc2ccc([N+](=O)[O-])cc2)c2ncn(C3CC(OC(C)=O)C(COC(C)=O)O3)c2n1. The van der Waals surface area contributed by atoms with Gasteiger partial charge in [-0.1, -0.05) is 12.1 Å². The Bertz CT molecular complexity index is 1390. The van der Waals surface area contributed by atoms with Crippen LogP contribution in [0.25, 0.3) is 11.2 Å². The fourth-order valence-corrected chi connectivity index (χ4v) is 4.02. The summed E-state index contributed by atoms with van der Waals surface area (Å²) in [5.74, 6) is -1.32. The molecule has 1 aromatic carbocycles. The first-order chi connectivity index (χ1) is 18.6. The van der Waals surface area contributed by atoms with Crippen LogP contribution in [-0.2, 0) is 35.0 Å². The Labute approximate surface area is 221 Å². The highest BCUT2D eigenvalue weighted by molar-refractivity contribution is 5.88. The number of benzene rings is 1. The van der Waals surface area contributed by atoms with Crippen LogP contribution in [0.1, 0.15) is 39.0 Å². The van der Waals surface area contributed by atoms with Crippen LogP contribution in [0.2, 0.25) is 0 Å². The largest absolute Gasteiger partial charge is 0.476 e. The normalized spacial score (nSPS) is 18.5. The zero-order chi connectivity index (χ0) is 28.1. The van der Waals surface area contributed by atoms with Gasteiger partial charge in [0.2, 0.25) is 17.7 Å². The molecule has 1 aliphatic heterocycles. The Morgan fingerprint density at radius 3 is 2.54 bits per heavy atom. The van der Waals surface area contributed by atoms with Gasteiger partial charge in [-0.3, -0.25) is 34.4 Å². The average molecular weight is 543 g/mol. The van der Waals surface area contributed by atoms with E-state index in [2.05, 4.69) is 20.3 Å². The number of fused-ring (bicyclic) bond motifs is 1. The molecule has 1 amide bonds. The number of nitro groups is 1. The van der Waals surface area contributed by atoms with Crippen molar-refractivity contribution in [2.45, 2.75) is 52.0 Å². The highest BCUT2D eigenvalue weighted by Gasteiger charge is 2.40. The molecule has 0 saturated carbocycles. The highest BCUT2D eigenvalue weighted by atomic mass is 16.6. The number of nitro benzene ring substituents is 1. The van der Waals surface area contributed by atoms with Crippen LogP contribution in [0, 0.1) is 10.1 Å². The van der Waals surface area contributed by atoms with Crippen molar-refractivity contribution in [1.82, 2.24) is 19.5 Å². The summed E-state index contributed by atoms with van der Waals surface area (Å²) < 4.78 is 23.9. The van der Waals surface area contributed by atoms with Gasteiger partial charge in [-0.25, -0.2) is 4.98 Å². The molecule has 15 heteroatoms. The Kier molecular flexibility index (Phi) is 8.29. The summed E-state index contributed by atoms with van der Waals surface area (Å²) in [5.41, 5.74) is 1.39. The summed E-state index contributed by atoms with van der Waals surface area (Å²) in [4.78, 5) is 58.1. The lowest BCUT2D eigenvalue weighted by atomic mass is 10.1. The van der Waals surface area contributed by atoms with E-state index in [1.54, 1.807) is 16.7 Å². The zero-order valence-electron chi connectivity index (χ0n) is 21.4. The molecule has 1 fully saturated rings. The van der Waals surface area contributed by atoms with Crippen LogP contribution in [0.3, 0.4) is 0 Å². The summed E-state index contributed by atoms with van der Waals surface area (Å²) in [5, 5.41) is 13.4. The molecule has 39 heavy (non-hydrogen) atoms. The van der Waals surface area contributed by atoms with E-state index >= 15 is 0 Å². The Morgan fingerprint density at radius 1 is 1.15 bits per heavy atom. The van der Waals surface area contributed by atoms with Crippen molar-refractivity contribution in [2.75, 3.05) is 18.5 Å². The Balaban J connectivity index is 1.57. The number of aromatic nitrogens is 4. The van der Waals surface area contributed by atoms with Gasteiger partial charge in [0.15, 0.2) is 11.2 Å². The number of amides is 1. The van der Waals surface area contributed by atoms with Gasteiger partial charge < -0.3 is 18.9 Å². The molecule has 206 valence electrons. The summed E-state index contributed by atoms with van der Waals surface area (Å²) in [6, 6.07) is 6.10. The van der Waals surface area contributed by atoms with E-state index < -0.39 is 41.2 Å². The van der Waals surface area contributed by atoms with Gasteiger partial charge in [0.1, 0.15) is 25.0 Å². The lowest BCUT2D eigenvalue weighted by Crippen LogP contribution is -2.31. The van der Waals surface area contributed by atoms with Gasteiger partial charge >= 0.3 is 11.9 Å². The molecule has 0 spiro atoms. The van der Waals surface area contributed by atoms with Crippen molar-refractivity contribution < 1.29 is 38.3 Å². The first kappa shape index (κ1) is 27.4. The maximum Gasteiger partial charge on any atom is 0.303 e. The summed E-state index contributed by atoms with van der Waals surface area (Å²) in [6.45, 7) is 3.90. The zero-order valence-corrected chi connectivity index (χ0v) is 21.4. The molecule has 3 unspecified atom stereocenters. The average Bonchev–Trinajstić information content (AvgIpc) is 3.46. The van der Waals surface area contributed by atoms with Gasteiger partial charge in [-0.15, -0.1) is 0 Å². The molecule has 0 aliphatic carbocycles. The van der Waals surface area contributed by atoms with Crippen LogP contribution >= 0.6 is 0 Å². The second-order valence-electron chi connectivity index (χ2n) is 8.69. The number of nitrogens with zero attached hydrogens (tertiary/aromatic N) is 5. The Hall–Kier alpha value is -4.66. The van der Waals surface area contributed by atoms with E-state index in [-0.39, 0.29) is 37.2 Å². The first-order valence-corrected chi connectivity index (χ1v) is 11.9. The molecule has 1 saturated heterocycles. The van der Waals surface area contributed by atoms with E-state index in [0.29, 0.717) is 17.6 Å². The Morgan fingerprint density at radius 2 is 1.90 bits per heavy atom. The predicted molar refractivity (Wildman–Crippen MR) is 133 cm³/mol. The van der Waals surface area contributed by atoms with Crippen molar-refractivity contribution in [1.29, 1.82) is 0 Å². The maximum atomic E-state index is 11.7. The van der Waals surface area contributed by atoms with E-state index in [9.17, 15) is 24.5 Å². The number of esters is 2. The summed E-state index contributed by atoms with van der Waals surface area (Å²) in [7, 11) is 0. The molecule has 4 rings (SSSR count). The number of nitrogens with one attached hydrogen (secondary N) is 1.